The van der Waals surface area contributed by atoms with Crippen molar-refractivity contribution in [2.45, 2.75) is 192 Å². The number of amides is 4. The van der Waals surface area contributed by atoms with Crippen LogP contribution in [0.25, 0.3) is 0 Å². The summed E-state index contributed by atoms with van der Waals surface area (Å²) in [7, 11) is 5.11. The number of esters is 4. The number of cyclic esters (lactones) is 4. The van der Waals surface area contributed by atoms with Crippen LogP contribution in [0.5, 0.6) is 0 Å². The van der Waals surface area contributed by atoms with Crippen LogP contribution >= 0.6 is 0 Å². The van der Waals surface area contributed by atoms with Gasteiger partial charge in [-0.1, -0.05) is 116 Å². The minimum absolute atomic E-state index is 0.00920. The zero-order valence-electron chi connectivity index (χ0n) is 47.2. The normalized spacial score (nSPS) is 24.5. The number of hydrogen-bond donors (Lipinski definition) is 0. The number of likely N-dealkylation sites (N-methyl/N-ethyl adjacent to an activating group) is 4. The molecule has 2 saturated carbocycles. The Morgan fingerprint density at radius 1 is 0.447 bits per heavy atom. The molecule has 0 aromatic heterocycles. The summed E-state index contributed by atoms with van der Waals surface area (Å²) in [5, 5.41) is 0. The number of alkyl halides is 2. The lowest BCUT2D eigenvalue weighted by Gasteiger charge is -2.34. The summed E-state index contributed by atoms with van der Waals surface area (Å²) in [6.07, 6.45) is -1.63. The van der Waals surface area contributed by atoms with Gasteiger partial charge in [-0.15, -0.1) is 0 Å². The molecule has 0 unspecified atom stereocenters. The van der Waals surface area contributed by atoms with Crippen molar-refractivity contribution in [3.8, 4) is 0 Å². The van der Waals surface area contributed by atoms with E-state index >= 15 is 8.78 Å². The molecule has 0 bridgehead atoms. The molecular weight excluding hydrogens is 983 g/mol. The van der Waals surface area contributed by atoms with E-state index in [-0.39, 0.29) is 48.3 Å². The first-order valence-corrected chi connectivity index (χ1v) is 26.5. The Hall–Kier alpha value is -5.94. The minimum Gasteiger partial charge on any atom is -0.454 e. The van der Waals surface area contributed by atoms with E-state index in [0.717, 1.165) is 56.4 Å². The molecule has 3 fully saturated rings. The Kier molecular flexibility index (Phi) is 19.7. The van der Waals surface area contributed by atoms with Gasteiger partial charge in [0.05, 0.1) is 0 Å². The smallest absolute Gasteiger partial charge is 0.329 e. The molecular formula is C58H82F2N4O12. The van der Waals surface area contributed by atoms with E-state index in [0.29, 0.717) is 11.1 Å². The SMILES string of the molecule is CN1C(=O)COC(=O)[C@H](CC2CC2)N(C)C(=O)[C@@H](Cc2ccc(C(C)(C)C)cc2)OC(=O)[C@H](CC(C)(C)F)N(C)C(=O)COC(=O)[C@H](CC2CC2)N(C)C(=O)[C@@H](Cc2ccc(C(C)(C)C)cc2)OC(=O)[C@@H]1CC(C)(C)F. The first kappa shape index (κ1) is 60.9. The van der Waals surface area contributed by atoms with Gasteiger partial charge in [0.15, 0.2) is 25.4 Å². The highest BCUT2D eigenvalue weighted by Gasteiger charge is 2.44. The molecule has 4 amide bonds. The lowest BCUT2D eigenvalue weighted by Crippen LogP contribution is -2.54. The van der Waals surface area contributed by atoms with E-state index in [1.165, 1.54) is 55.9 Å². The third-order valence-electron chi connectivity index (χ3n) is 14.5. The summed E-state index contributed by atoms with van der Waals surface area (Å²) in [5.74, 6) is -7.75. The summed E-state index contributed by atoms with van der Waals surface area (Å²) < 4.78 is 54.6. The monoisotopic (exact) mass is 1060 g/mol. The highest BCUT2D eigenvalue weighted by Crippen LogP contribution is 2.37. The first-order valence-electron chi connectivity index (χ1n) is 26.5. The van der Waals surface area contributed by atoms with Crippen LogP contribution in [0, 0.1) is 11.8 Å². The Morgan fingerprint density at radius 2 is 0.750 bits per heavy atom. The number of hydrogen-bond acceptors (Lipinski definition) is 12. The number of benzene rings is 2. The Morgan fingerprint density at radius 3 is 1.01 bits per heavy atom. The summed E-state index contributed by atoms with van der Waals surface area (Å²) in [5.41, 5.74) is -1.47. The third kappa shape index (κ3) is 17.5. The molecule has 16 nitrogen and oxygen atoms in total. The number of ether oxygens (including phenoxy) is 4. The van der Waals surface area contributed by atoms with Crippen LogP contribution in [-0.2, 0) is 81.0 Å². The van der Waals surface area contributed by atoms with E-state index in [2.05, 4.69) is 0 Å². The lowest BCUT2D eigenvalue weighted by atomic mass is 9.86. The van der Waals surface area contributed by atoms with Gasteiger partial charge in [-0.05, 0) is 85.5 Å². The molecule has 0 spiro atoms. The summed E-state index contributed by atoms with van der Waals surface area (Å²) in [6, 6.07) is 8.70. The van der Waals surface area contributed by atoms with Crippen molar-refractivity contribution >= 4 is 47.5 Å². The van der Waals surface area contributed by atoms with E-state index < -0.39 is 121 Å². The molecule has 3 aliphatic rings. The second kappa shape index (κ2) is 24.6. The molecule has 2 aromatic carbocycles. The molecule has 1 saturated heterocycles. The second-order valence-electron chi connectivity index (χ2n) is 24.5. The van der Waals surface area contributed by atoms with Crippen molar-refractivity contribution in [2.75, 3.05) is 41.4 Å². The fourth-order valence-corrected chi connectivity index (χ4v) is 9.12. The molecule has 1 aliphatic heterocycles. The van der Waals surface area contributed by atoms with Gasteiger partial charge in [-0.25, -0.2) is 28.0 Å². The molecule has 420 valence electrons. The van der Waals surface area contributed by atoms with Gasteiger partial charge in [-0.2, -0.15) is 0 Å². The maximum atomic E-state index is 15.7. The van der Waals surface area contributed by atoms with Crippen LogP contribution < -0.4 is 0 Å². The number of halogens is 2. The second-order valence-corrected chi connectivity index (χ2v) is 24.5. The zero-order valence-corrected chi connectivity index (χ0v) is 47.2. The van der Waals surface area contributed by atoms with Crippen molar-refractivity contribution < 1.29 is 66.1 Å². The van der Waals surface area contributed by atoms with Gasteiger partial charge >= 0.3 is 23.9 Å². The summed E-state index contributed by atoms with van der Waals surface area (Å²) in [4.78, 5) is 119. The zero-order chi connectivity index (χ0) is 56.8. The van der Waals surface area contributed by atoms with Crippen molar-refractivity contribution in [1.29, 1.82) is 0 Å². The fourth-order valence-electron chi connectivity index (χ4n) is 9.12. The largest absolute Gasteiger partial charge is 0.454 e. The van der Waals surface area contributed by atoms with Crippen molar-refractivity contribution in [2.24, 2.45) is 11.8 Å². The Bertz CT molecular complexity index is 2240. The lowest BCUT2D eigenvalue weighted by molar-refractivity contribution is -0.173. The summed E-state index contributed by atoms with van der Waals surface area (Å²) in [6.45, 7) is 15.1. The standard InChI is InChI=1S/C58H82F2N4O12/c1-55(2,3)39-23-19-37(20-24-39)29-45-49(67)63(13)41(27-35-15-16-35)51(69)73-34-48(66)62(12)44(32-58(9,10)60)54(72)76-46(30-38-21-25-40(26-22-38)56(4,5)6)50(68)64(14)42(28-36-17-18-36)52(70)74-33-47(65)61(11)43(53(71)75-45)31-57(7,8)59/h19-26,35-36,41-46H,15-18,27-34H2,1-14H3/t41-,42-,43-,44-,45+,46+/m0/s1. The van der Waals surface area contributed by atoms with Gasteiger partial charge in [0.25, 0.3) is 23.6 Å². The topological polar surface area (TPSA) is 186 Å². The number of nitrogens with zero attached hydrogens (tertiary/aromatic N) is 4. The molecule has 1 heterocycles. The number of rotatable bonds is 12. The highest BCUT2D eigenvalue weighted by atomic mass is 19.1. The predicted octanol–water partition coefficient (Wildman–Crippen LogP) is 7.18. The van der Waals surface area contributed by atoms with Crippen molar-refractivity contribution in [3.63, 3.8) is 0 Å². The Balaban J connectivity index is 1.58. The molecule has 18 heteroatoms. The fraction of sp³-hybridized carbons (Fsp3) is 0.655. The summed E-state index contributed by atoms with van der Waals surface area (Å²) >= 11 is 0. The van der Waals surface area contributed by atoms with Crippen molar-refractivity contribution in [1.82, 2.24) is 19.6 Å². The first-order chi connectivity index (χ1) is 35.1. The third-order valence-corrected chi connectivity index (χ3v) is 14.5. The average molecular weight is 1070 g/mol. The van der Waals surface area contributed by atoms with E-state index in [4.69, 9.17) is 18.9 Å². The van der Waals surface area contributed by atoms with Crippen LogP contribution in [0.15, 0.2) is 48.5 Å². The van der Waals surface area contributed by atoms with Crippen LogP contribution in [0.2, 0.25) is 0 Å². The molecule has 0 N–H and O–H groups in total. The van der Waals surface area contributed by atoms with Gasteiger partial charge in [-0.3, -0.25) is 19.2 Å². The maximum Gasteiger partial charge on any atom is 0.329 e. The average Bonchev–Trinajstić information content (AvgIpc) is 4.29. The number of carbonyl (C=O) groups is 8. The molecule has 76 heavy (non-hydrogen) atoms. The van der Waals surface area contributed by atoms with Gasteiger partial charge in [0.1, 0.15) is 35.5 Å². The van der Waals surface area contributed by atoms with Gasteiger partial charge in [0.2, 0.25) is 0 Å². The molecule has 0 radical (unpaired) electrons. The van der Waals surface area contributed by atoms with E-state index in [1.807, 2.05) is 65.8 Å². The van der Waals surface area contributed by atoms with Crippen LogP contribution in [0.1, 0.15) is 143 Å². The maximum absolute atomic E-state index is 15.7. The van der Waals surface area contributed by atoms with E-state index in [1.54, 1.807) is 24.3 Å². The van der Waals surface area contributed by atoms with Gasteiger partial charge in [0, 0.05) is 53.9 Å². The molecule has 6 atom stereocenters. The minimum atomic E-state index is -2.07. The molecule has 2 aromatic rings. The van der Waals surface area contributed by atoms with Crippen molar-refractivity contribution in [3.05, 3.63) is 70.8 Å². The quantitative estimate of drug-likeness (QED) is 0.154. The number of carbonyl (C=O) groups excluding carboxylic acids is 8. The Labute approximate surface area is 447 Å². The molecule has 5 rings (SSSR count). The van der Waals surface area contributed by atoms with Crippen LogP contribution in [0.3, 0.4) is 0 Å². The molecule has 2 aliphatic carbocycles. The van der Waals surface area contributed by atoms with Crippen LogP contribution in [0.4, 0.5) is 8.78 Å². The highest BCUT2D eigenvalue weighted by molar-refractivity contribution is 5.93. The van der Waals surface area contributed by atoms with E-state index in [9.17, 15) is 38.4 Å². The van der Waals surface area contributed by atoms with Gasteiger partial charge < -0.3 is 38.5 Å². The van der Waals surface area contributed by atoms with Crippen LogP contribution in [-0.4, -0.2) is 156 Å². The predicted molar refractivity (Wildman–Crippen MR) is 280 cm³/mol.